The highest BCUT2D eigenvalue weighted by Gasteiger charge is 2.17. The van der Waals surface area contributed by atoms with Gasteiger partial charge in [-0.3, -0.25) is 9.52 Å². The molecule has 1 amide bonds. The Morgan fingerprint density at radius 2 is 1.93 bits per heavy atom. The Balaban J connectivity index is 1.76. The number of rotatable bonds is 7. The van der Waals surface area contributed by atoms with Crippen LogP contribution in [0.3, 0.4) is 0 Å². The van der Waals surface area contributed by atoms with Crippen molar-refractivity contribution in [1.82, 2.24) is 5.16 Å². The third kappa shape index (κ3) is 5.09. The number of thiophene rings is 1. The van der Waals surface area contributed by atoms with E-state index < -0.39 is 15.8 Å². The van der Waals surface area contributed by atoms with Crippen LogP contribution in [0.15, 0.2) is 45.1 Å². The molecule has 0 saturated heterocycles. The van der Waals surface area contributed by atoms with E-state index in [0.29, 0.717) is 28.4 Å². The number of aromatic nitrogens is 1. The van der Waals surface area contributed by atoms with Gasteiger partial charge in [0.2, 0.25) is 5.91 Å². The average Bonchev–Trinajstić information content (AvgIpc) is 3.30. The van der Waals surface area contributed by atoms with Crippen molar-refractivity contribution < 1.29 is 22.1 Å². The number of hydrogen-bond donors (Lipinski definition) is 2. The lowest BCUT2D eigenvalue weighted by atomic mass is 10.2. The van der Waals surface area contributed by atoms with Gasteiger partial charge in [-0.05, 0) is 55.5 Å². The fourth-order valence-corrected chi connectivity index (χ4v) is 4.62. The highest BCUT2D eigenvalue weighted by molar-refractivity contribution is 7.94. The first-order chi connectivity index (χ1) is 13.8. The summed E-state index contributed by atoms with van der Waals surface area (Å²) in [4.78, 5) is 12.3. The minimum atomic E-state index is -3.79. The number of nitrogens with one attached hydrogen (secondary N) is 2. The Morgan fingerprint density at radius 1 is 1.21 bits per heavy atom. The highest BCUT2D eigenvalue weighted by atomic mass is 32.2. The third-order valence-corrected chi connectivity index (χ3v) is 6.76. The van der Waals surface area contributed by atoms with Crippen LogP contribution in [0.5, 0.6) is 0 Å². The van der Waals surface area contributed by atoms with Crippen LogP contribution in [0, 0.1) is 12.7 Å². The molecule has 0 saturated carbocycles. The number of sulfonamides is 1. The van der Waals surface area contributed by atoms with E-state index >= 15 is 0 Å². The number of amides is 1. The summed E-state index contributed by atoms with van der Waals surface area (Å²) >= 11 is 1.05. The van der Waals surface area contributed by atoms with Gasteiger partial charge in [-0.1, -0.05) is 12.1 Å². The Kier molecular flexibility index (Phi) is 6.14. The van der Waals surface area contributed by atoms with Crippen LogP contribution in [0.25, 0.3) is 12.2 Å². The van der Waals surface area contributed by atoms with Crippen LogP contribution >= 0.6 is 11.3 Å². The molecule has 29 heavy (non-hydrogen) atoms. The zero-order chi connectivity index (χ0) is 21.0. The standard InChI is InChI=1S/C19H18FN3O4S2/c1-3-17(24)21-19-12(2)22-27-16(19)10-8-15-9-11-18(28-15)29(25,26)23-14-6-4-13(20)5-7-14/h4-11,23H,3H2,1-2H3,(H,21,24)/b10-8+. The summed E-state index contributed by atoms with van der Waals surface area (Å²) in [5.41, 5.74) is 1.30. The molecule has 0 fully saturated rings. The van der Waals surface area contributed by atoms with Gasteiger partial charge in [0.1, 0.15) is 21.4 Å². The Morgan fingerprint density at radius 3 is 2.62 bits per heavy atom. The minimum Gasteiger partial charge on any atom is -0.354 e. The number of benzene rings is 1. The molecule has 1 aromatic carbocycles. The predicted molar refractivity (Wildman–Crippen MR) is 111 cm³/mol. The largest absolute Gasteiger partial charge is 0.354 e. The van der Waals surface area contributed by atoms with Crippen molar-refractivity contribution in [2.24, 2.45) is 0 Å². The van der Waals surface area contributed by atoms with Crippen molar-refractivity contribution in [3.63, 3.8) is 0 Å². The van der Waals surface area contributed by atoms with Gasteiger partial charge in [-0.25, -0.2) is 12.8 Å². The first-order valence-electron chi connectivity index (χ1n) is 8.61. The molecule has 0 spiro atoms. The van der Waals surface area contributed by atoms with Gasteiger partial charge in [0.25, 0.3) is 10.0 Å². The van der Waals surface area contributed by atoms with E-state index in [1.54, 1.807) is 32.1 Å². The quantitative estimate of drug-likeness (QED) is 0.569. The average molecular weight is 436 g/mol. The molecule has 0 radical (unpaired) electrons. The lowest BCUT2D eigenvalue weighted by molar-refractivity contribution is -0.115. The van der Waals surface area contributed by atoms with Crippen LogP contribution in [-0.4, -0.2) is 19.5 Å². The number of aryl methyl sites for hydroxylation is 1. The molecule has 2 N–H and O–H groups in total. The molecule has 0 unspecified atom stereocenters. The molecule has 3 rings (SSSR count). The number of carbonyl (C=O) groups excluding carboxylic acids is 1. The zero-order valence-electron chi connectivity index (χ0n) is 15.6. The molecule has 0 aliphatic rings. The van der Waals surface area contributed by atoms with Crippen molar-refractivity contribution >= 4 is 50.8 Å². The van der Waals surface area contributed by atoms with Crippen LogP contribution in [0.4, 0.5) is 15.8 Å². The van der Waals surface area contributed by atoms with Crippen LogP contribution in [-0.2, 0) is 14.8 Å². The van der Waals surface area contributed by atoms with Gasteiger partial charge in [-0.2, -0.15) is 0 Å². The Hall–Kier alpha value is -2.98. The van der Waals surface area contributed by atoms with E-state index in [1.165, 1.54) is 30.3 Å². The monoisotopic (exact) mass is 435 g/mol. The number of hydrogen-bond acceptors (Lipinski definition) is 6. The number of halogens is 1. The predicted octanol–water partition coefficient (Wildman–Crippen LogP) is 4.50. The second-order valence-corrected chi connectivity index (χ2v) is 9.04. The van der Waals surface area contributed by atoms with Gasteiger partial charge in [0, 0.05) is 17.0 Å². The maximum Gasteiger partial charge on any atom is 0.271 e. The Labute approximate surface area is 171 Å². The molecule has 2 aromatic heterocycles. The fraction of sp³-hybridized carbons (Fsp3) is 0.158. The number of anilines is 2. The lowest BCUT2D eigenvalue weighted by Crippen LogP contribution is -2.11. The smallest absolute Gasteiger partial charge is 0.271 e. The third-order valence-electron chi connectivity index (χ3n) is 3.84. The second-order valence-electron chi connectivity index (χ2n) is 6.01. The van der Waals surface area contributed by atoms with E-state index in [4.69, 9.17) is 4.52 Å². The first kappa shape index (κ1) is 20.7. The molecule has 152 valence electrons. The van der Waals surface area contributed by atoms with Crippen molar-refractivity contribution in [3.05, 3.63) is 58.5 Å². The van der Waals surface area contributed by atoms with Crippen molar-refractivity contribution in [1.29, 1.82) is 0 Å². The van der Waals surface area contributed by atoms with E-state index in [0.717, 1.165) is 11.3 Å². The molecule has 7 nitrogen and oxygen atoms in total. The van der Waals surface area contributed by atoms with Crippen LogP contribution < -0.4 is 10.0 Å². The number of nitrogens with zero attached hydrogens (tertiary/aromatic N) is 1. The molecule has 0 atom stereocenters. The highest BCUT2D eigenvalue weighted by Crippen LogP contribution is 2.27. The van der Waals surface area contributed by atoms with E-state index in [1.807, 2.05) is 0 Å². The van der Waals surface area contributed by atoms with Crippen LogP contribution in [0.1, 0.15) is 29.7 Å². The van der Waals surface area contributed by atoms with Crippen molar-refractivity contribution in [3.8, 4) is 0 Å². The van der Waals surface area contributed by atoms with Gasteiger partial charge >= 0.3 is 0 Å². The van der Waals surface area contributed by atoms with Crippen LogP contribution in [0.2, 0.25) is 0 Å². The normalized spacial score (nSPS) is 11.7. The van der Waals surface area contributed by atoms with E-state index in [-0.39, 0.29) is 15.8 Å². The summed E-state index contributed by atoms with van der Waals surface area (Å²) in [5, 5.41) is 6.57. The molecule has 0 aliphatic carbocycles. The van der Waals surface area contributed by atoms with E-state index in [2.05, 4.69) is 15.2 Å². The summed E-state index contributed by atoms with van der Waals surface area (Å²) in [6, 6.07) is 8.16. The molecular formula is C19H18FN3O4S2. The number of carbonyl (C=O) groups is 1. The van der Waals surface area contributed by atoms with Gasteiger partial charge < -0.3 is 9.84 Å². The molecule has 10 heteroatoms. The second kappa shape index (κ2) is 8.58. The Bertz CT molecular complexity index is 1150. The SMILES string of the molecule is CCC(=O)Nc1c(C)noc1/C=C/c1ccc(S(=O)(=O)Nc2ccc(F)cc2)s1. The van der Waals surface area contributed by atoms with Gasteiger partial charge in [0.05, 0.1) is 0 Å². The molecule has 3 aromatic rings. The van der Waals surface area contributed by atoms with Gasteiger partial charge in [0.15, 0.2) is 5.76 Å². The summed E-state index contributed by atoms with van der Waals surface area (Å²) < 4.78 is 45.7. The molecule has 0 aliphatic heterocycles. The van der Waals surface area contributed by atoms with Crippen molar-refractivity contribution in [2.75, 3.05) is 10.0 Å². The summed E-state index contributed by atoms with van der Waals surface area (Å²) in [5.74, 6) is -0.248. The topological polar surface area (TPSA) is 101 Å². The lowest BCUT2D eigenvalue weighted by Gasteiger charge is -2.05. The molecule has 0 bridgehead atoms. The maximum atomic E-state index is 13.0. The van der Waals surface area contributed by atoms with E-state index in [9.17, 15) is 17.6 Å². The maximum absolute atomic E-state index is 13.0. The molecular weight excluding hydrogens is 417 g/mol. The minimum absolute atomic E-state index is 0.106. The zero-order valence-corrected chi connectivity index (χ0v) is 17.2. The van der Waals surface area contributed by atoms with Crippen molar-refractivity contribution in [2.45, 2.75) is 24.5 Å². The van der Waals surface area contributed by atoms with Gasteiger partial charge in [-0.15, -0.1) is 11.3 Å². The molecule has 2 heterocycles. The first-order valence-corrected chi connectivity index (χ1v) is 10.9. The summed E-state index contributed by atoms with van der Waals surface area (Å²) in [6.45, 7) is 3.45. The summed E-state index contributed by atoms with van der Waals surface area (Å²) in [7, 11) is -3.79. The summed E-state index contributed by atoms with van der Waals surface area (Å²) in [6.07, 6.45) is 3.60. The fourth-order valence-electron chi connectivity index (χ4n) is 2.33.